The van der Waals surface area contributed by atoms with Crippen LogP contribution in [0.2, 0.25) is 0 Å². The molecule has 7 nitrogen and oxygen atoms in total. The molecule has 0 heterocycles. The number of primary amides is 1. The first-order valence-corrected chi connectivity index (χ1v) is 7.04. The molecule has 3 amide bonds. The van der Waals surface area contributed by atoms with Gasteiger partial charge in [-0.15, -0.1) is 0 Å². The monoisotopic (exact) mass is 283 g/mol. The zero-order chi connectivity index (χ0) is 14.7. The lowest BCUT2D eigenvalue weighted by Gasteiger charge is -2.24. The Labute approximate surface area is 117 Å². The number of fused-ring (bicyclic) bond motifs is 2. The third-order valence-electron chi connectivity index (χ3n) is 4.34. The van der Waals surface area contributed by atoms with E-state index in [0.717, 1.165) is 19.3 Å². The van der Waals surface area contributed by atoms with Crippen LogP contribution < -0.4 is 16.4 Å². The Kier molecular flexibility index (Phi) is 4.46. The number of rotatable bonds is 6. The molecule has 2 saturated carbocycles. The third kappa shape index (κ3) is 3.61. The summed E-state index contributed by atoms with van der Waals surface area (Å²) < 4.78 is 0. The van der Waals surface area contributed by atoms with Gasteiger partial charge in [0, 0.05) is 12.5 Å². The number of aliphatic carboxylic acids is 1. The predicted molar refractivity (Wildman–Crippen MR) is 70.8 cm³/mol. The van der Waals surface area contributed by atoms with Crippen LogP contribution in [0.3, 0.4) is 0 Å². The van der Waals surface area contributed by atoms with Gasteiger partial charge in [-0.05, 0) is 37.5 Å². The first-order chi connectivity index (χ1) is 9.45. The first kappa shape index (κ1) is 14.6. The highest BCUT2D eigenvalue weighted by atomic mass is 16.4. The Hall–Kier alpha value is -1.79. The molecule has 0 radical (unpaired) electrons. The summed E-state index contributed by atoms with van der Waals surface area (Å²) in [5.74, 6) is -0.504. The van der Waals surface area contributed by atoms with E-state index in [4.69, 9.17) is 10.8 Å². The minimum Gasteiger partial charge on any atom is -0.480 e. The van der Waals surface area contributed by atoms with Crippen molar-refractivity contribution in [1.29, 1.82) is 0 Å². The smallest absolute Gasteiger partial charge is 0.326 e. The normalized spacial score (nSPS) is 28.9. The highest BCUT2D eigenvalue weighted by Crippen LogP contribution is 2.44. The fraction of sp³-hybridized carbons (Fsp3) is 0.769. The van der Waals surface area contributed by atoms with Gasteiger partial charge in [0.2, 0.25) is 5.91 Å². The van der Waals surface area contributed by atoms with E-state index < -0.39 is 23.9 Å². The Morgan fingerprint density at radius 1 is 1.25 bits per heavy atom. The summed E-state index contributed by atoms with van der Waals surface area (Å²) in [7, 11) is 0. The number of urea groups is 1. The molecule has 0 aromatic carbocycles. The number of amides is 3. The number of nitrogens with two attached hydrogens (primary N) is 1. The summed E-state index contributed by atoms with van der Waals surface area (Å²) in [5.41, 5.74) is 4.98. The van der Waals surface area contributed by atoms with Crippen LogP contribution in [0.1, 0.15) is 38.5 Å². The van der Waals surface area contributed by atoms with Crippen molar-refractivity contribution in [3.05, 3.63) is 0 Å². The number of carbonyl (C=O) groups is 3. The van der Waals surface area contributed by atoms with E-state index in [9.17, 15) is 14.4 Å². The van der Waals surface area contributed by atoms with Crippen LogP contribution in [0, 0.1) is 11.8 Å². The number of carboxylic acids is 1. The zero-order valence-corrected chi connectivity index (χ0v) is 11.3. The quantitative estimate of drug-likeness (QED) is 0.556. The summed E-state index contributed by atoms with van der Waals surface area (Å²) in [6, 6.07) is -1.40. The Bertz CT molecular complexity index is 412. The molecule has 0 aromatic rings. The molecule has 2 aliphatic carbocycles. The molecule has 4 atom stereocenters. The molecule has 0 aromatic heterocycles. The lowest BCUT2D eigenvalue weighted by Crippen LogP contribution is -2.50. The summed E-state index contributed by atoms with van der Waals surface area (Å²) in [6.45, 7) is 0. The van der Waals surface area contributed by atoms with Crippen LogP contribution in [0.25, 0.3) is 0 Å². The van der Waals surface area contributed by atoms with Crippen molar-refractivity contribution in [2.45, 2.75) is 50.6 Å². The Morgan fingerprint density at radius 3 is 2.50 bits per heavy atom. The largest absolute Gasteiger partial charge is 0.480 e. The molecule has 3 unspecified atom stereocenters. The molecule has 0 aliphatic heterocycles. The molecule has 2 aliphatic rings. The molecule has 5 N–H and O–H groups in total. The highest BCUT2D eigenvalue weighted by Gasteiger charge is 2.40. The maximum Gasteiger partial charge on any atom is 0.326 e. The van der Waals surface area contributed by atoms with Gasteiger partial charge in [0.1, 0.15) is 6.04 Å². The second-order valence-electron chi connectivity index (χ2n) is 5.79. The van der Waals surface area contributed by atoms with Crippen LogP contribution in [-0.4, -0.2) is 35.1 Å². The number of hydrogen-bond donors (Lipinski definition) is 4. The van der Waals surface area contributed by atoms with Gasteiger partial charge in [-0.2, -0.15) is 0 Å². The van der Waals surface area contributed by atoms with Crippen LogP contribution in [-0.2, 0) is 9.59 Å². The van der Waals surface area contributed by atoms with E-state index in [2.05, 4.69) is 10.6 Å². The van der Waals surface area contributed by atoms with Gasteiger partial charge in [-0.1, -0.05) is 6.42 Å². The van der Waals surface area contributed by atoms with Gasteiger partial charge in [0.05, 0.1) is 0 Å². The van der Waals surface area contributed by atoms with Crippen LogP contribution in [0.4, 0.5) is 4.79 Å². The fourth-order valence-corrected chi connectivity index (χ4v) is 3.33. The lowest BCUT2D eigenvalue weighted by atomic mass is 9.95. The van der Waals surface area contributed by atoms with Crippen molar-refractivity contribution in [2.75, 3.05) is 0 Å². The number of carbonyl (C=O) groups excluding carboxylic acids is 2. The average Bonchev–Trinajstić information content (AvgIpc) is 2.95. The second-order valence-corrected chi connectivity index (χ2v) is 5.79. The Balaban J connectivity index is 1.79. The Morgan fingerprint density at radius 2 is 2.00 bits per heavy atom. The van der Waals surface area contributed by atoms with E-state index in [1.54, 1.807) is 0 Å². The summed E-state index contributed by atoms with van der Waals surface area (Å²) in [5, 5.41) is 14.3. The van der Waals surface area contributed by atoms with Crippen LogP contribution in [0.5, 0.6) is 0 Å². The maximum atomic E-state index is 11.8. The zero-order valence-electron chi connectivity index (χ0n) is 11.3. The SMILES string of the molecule is NC(=O)CC[C@@H](NC(=O)NC1CC2CCC1C2)C(=O)O. The molecule has 0 saturated heterocycles. The number of carboxylic acid groups (broad SMARTS) is 1. The van der Waals surface area contributed by atoms with Gasteiger partial charge in [-0.3, -0.25) is 4.79 Å². The standard InChI is InChI=1S/C13H21N3O4/c14-11(17)4-3-9(12(18)19)15-13(20)16-10-6-7-1-2-8(10)5-7/h7-10H,1-6H2,(H2,14,17)(H,18,19)(H2,15,16,20)/t7?,8?,9-,10?/m1/s1. The fourth-order valence-electron chi connectivity index (χ4n) is 3.33. The van der Waals surface area contributed by atoms with Gasteiger partial charge < -0.3 is 21.5 Å². The number of hydrogen-bond acceptors (Lipinski definition) is 3. The van der Waals surface area contributed by atoms with Crippen molar-refractivity contribution >= 4 is 17.9 Å². The third-order valence-corrected chi connectivity index (χ3v) is 4.34. The van der Waals surface area contributed by atoms with Gasteiger partial charge in [0.15, 0.2) is 0 Å². The van der Waals surface area contributed by atoms with Crippen LogP contribution in [0.15, 0.2) is 0 Å². The van der Waals surface area contributed by atoms with Crippen molar-refractivity contribution < 1.29 is 19.5 Å². The summed E-state index contributed by atoms with van der Waals surface area (Å²) >= 11 is 0. The molecule has 20 heavy (non-hydrogen) atoms. The highest BCUT2D eigenvalue weighted by molar-refractivity contribution is 5.83. The van der Waals surface area contributed by atoms with Crippen molar-refractivity contribution in [2.24, 2.45) is 17.6 Å². The predicted octanol–water partition coefficient (Wildman–Crippen LogP) is 0.193. The molecule has 2 fully saturated rings. The first-order valence-electron chi connectivity index (χ1n) is 7.04. The molecular weight excluding hydrogens is 262 g/mol. The minimum atomic E-state index is -1.16. The van der Waals surface area contributed by atoms with Gasteiger partial charge >= 0.3 is 12.0 Å². The van der Waals surface area contributed by atoms with Crippen molar-refractivity contribution in [3.63, 3.8) is 0 Å². The molecule has 7 heteroatoms. The lowest BCUT2D eigenvalue weighted by molar-refractivity contribution is -0.139. The minimum absolute atomic E-state index is 0.00874. The molecule has 0 spiro atoms. The van der Waals surface area contributed by atoms with Crippen LogP contribution >= 0.6 is 0 Å². The van der Waals surface area contributed by atoms with Crippen molar-refractivity contribution in [3.8, 4) is 0 Å². The van der Waals surface area contributed by atoms with Gasteiger partial charge in [0.25, 0.3) is 0 Å². The maximum absolute atomic E-state index is 11.8. The average molecular weight is 283 g/mol. The number of nitrogens with one attached hydrogen (secondary N) is 2. The molecule has 112 valence electrons. The summed E-state index contributed by atoms with van der Waals surface area (Å²) in [6.07, 6.45) is 4.47. The van der Waals surface area contributed by atoms with E-state index >= 15 is 0 Å². The van der Waals surface area contributed by atoms with Gasteiger partial charge in [-0.25, -0.2) is 9.59 Å². The molecule has 2 rings (SSSR count). The van der Waals surface area contributed by atoms with E-state index in [1.165, 1.54) is 6.42 Å². The van der Waals surface area contributed by atoms with Crippen molar-refractivity contribution in [1.82, 2.24) is 10.6 Å². The van der Waals surface area contributed by atoms with E-state index in [-0.39, 0.29) is 18.9 Å². The second kappa shape index (κ2) is 6.11. The van der Waals surface area contributed by atoms with E-state index in [0.29, 0.717) is 11.8 Å². The van der Waals surface area contributed by atoms with E-state index in [1.807, 2.05) is 0 Å². The summed E-state index contributed by atoms with van der Waals surface area (Å²) in [4.78, 5) is 33.5. The topological polar surface area (TPSA) is 122 Å². The molecule has 2 bridgehead atoms. The molecular formula is C13H21N3O4.